The predicted molar refractivity (Wildman–Crippen MR) is 182 cm³/mol. The van der Waals surface area contributed by atoms with E-state index in [1.165, 1.54) is 0 Å². The highest BCUT2D eigenvalue weighted by molar-refractivity contribution is 9.10. The van der Waals surface area contributed by atoms with Gasteiger partial charge in [0.15, 0.2) is 19.7 Å². The summed E-state index contributed by atoms with van der Waals surface area (Å²) in [5.74, 6) is 0.331. The first-order valence-electron chi connectivity index (χ1n) is 15.5. The van der Waals surface area contributed by atoms with E-state index >= 15 is 0 Å². The van der Waals surface area contributed by atoms with Crippen molar-refractivity contribution in [2.24, 2.45) is 5.92 Å². The molecule has 4 atom stereocenters. The van der Waals surface area contributed by atoms with Gasteiger partial charge >= 0.3 is 0 Å². The highest BCUT2D eigenvalue weighted by atomic mass is 79.9. The van der Waals surface area contributed by atoms with Gasteiger partial charge in [-0.2, -0.15) is 0 Å². The molecule has 1 spiro atoms. The van der Waals surface area contributed by atoms with Crippen LogP contribution in [0.5, 0.6) is 11.5 Å². The third kappa shape index (κ3) is 4.82. The van der Waals surface area contributed by atoms with Crippen LogP contribution in [0.25, 0.3) is 0 Å². The van der Waals surface area contributed by atoms with E-state index in [-0.39, 0.29) is 36.4 Å². The minimum absolute atomic E-state index is 0.0989. The number of benzene rings is 4. The number of aliphatic hydroxyl groups excluding tert-OH is 1. The number of nitrogens with zero attached hydrogens (tertiary/aromatic N) is 2. The zero-order valence-electron chi connectivity index (χ0n) is 25.8. The van der Waals surface area contributed by atoms with Crippen LogP contribution in [0.15, 0.2) is 95.5 Å². The molecule has 8 nitrogen and oxygen atoms in total. The maximum absolute atomic E-state index is 14.7. The smallest absolute Gasteiger partial charge is 0.266 e. The van der Waals surface area contributed by atoms with Crippen LogP contribution in [0.2, 0.25) is 18.6 Å². The van der Waals surface area contributed by atoms with Gasteiger partial charge in [-0.05, 0) is 79.7 Å². The van der Waals surface area contributed by atoms with Gasteiger partial charge in [0.05, 0.1) is 29.6 Å². The fourth-order valence-corrected chi connectivity index (χ4v) is 10.6. The van der Waals surface area contributed by atoms with Crippen LogP contribution >= 0.6 is 15.9 Å². The Kier molecular flexibility index (Phi) is 7.68. The SMILES string of the molecule is C[C@@H]1[C@@H]([Si](C)(C)O)[C@H](CCO)O[C@@]12C(=O)N(Cc1cccc(N3C(=O)c4ccccc4Oc4ccccc43)c1)c1ccc(Br)cc12. The minimum atomic E-state index is -2.80. The minimum Gasteiger partial charge on any atom is -0.454 e. The largest absolute Gasteiger partial charge is 0.454 e. The molecular formula is C36H35BrN2O6Si. The third-order valence-corrected chi connectivity index (χ3v) is 12.5. The van der Waals surface area contributed by atoms with Crippen molar-refractivity contribution in [2.75, 3.05) is 16.4 Å². The number of aliphatic hydroxyl groups is 1. The van der Waals surface area contributed by atoms with Gasteiger partial charge in [0.1, 0.15) is 5.75 Å². The summed E-state index contributed by atoms with van der Waals surface area (Å²) in [4.78, 5) is 43.5. The van der Waals surface area contributed by atoms with Crippen molar-refractivity contribution < 1.29 is 29.0 Å². The van der Waals surface area contributed by atoms with E-state index in [1.54, 1.807) is 21.9 Å². The molecule has 10 heteroatoms. The quantitative estimate of drug-likeness (QED) is 0.206. The summed E-state index contributed by atoms with van der Waals surface area (Å²) >= 11 is 3.60. The molecule has 0 aromatic heterocycles. The summed E-state index contributed by atoms with van der Waals surface area (Å²) in [6, 6.07) is 28.1. The zero-order valence-corrected chi connectivity index (χ0v) is 28.4. The average Bonchev–Trinajstić information content (AvgIpc) is 3.39. The molecule has 46 heavy (non-hydrogen) atoms. The number of hydrogen-bond acceptors (Lipinski definition) is 6. The number of carbonyl (C=O) groups excluding carboxylic acids is 2. The third-order valence-electron chi connectivity index (χ3n) is 9.52. The Bertz CT molecular complexity index is 1860. The van der Waals surface area contributed by atoms with Crippen LogP contribution < -0.4 is 14.5 Å². The van der Waals surface area contributed by atoms with Crippen molar-refractivity contribution >= 4 is 53.1 Å². The Morgan fingerprint density at radius 2 is 1.65 bits per heavy atom. The highest BCUT2D eigenvalue weighted by Crippen LogP contribution is 2.60. The molecule has 4 aromatic carbocycles. The number of para-hydroxylation sites is 3. The summed E-state index contributed by atoms with van der Waals surface area (Å²) in [7, 11) is -2.80. The number of fused-ring (bicyclic) bond motifs is 4. The predicted octanol–water partition coefficient (Wildman–Crippen LogP) is 7.26. The van der Waals surface area contributed by atoms with Gasteiger partial charge < -0.3 is 24.3 Å². The lowest BCUT2D eigenvalue weighted by Crippen LogP contribution is -2.46. The lowest BCUT2D eigenvalue weighted by atomic mass is 9.82. The number of rotatable bonds is 6. The molecule has 3 aliphatic heterocycles. The first-order valence-corrected chi connectivity index (χ1v) is 19.3. The summed E-state index contributed by atoms with van der Waals surface area (Å²) < 4.78 is 13.7. The van der Waals surface area contributed by atoms with Crippen molar-refractivity contribution in [1.29, 1.82) is 0 Å². The topological polar surface area (TPSA) is 99.5 Å². The summed E-state index contributed by atoms with van der Waals surface area (Å²) in [5.41, 5.74) is 2.50. The number of hydrogen-bond donors (Lipinski definition) is 2. The molecule has 0 radical (unpaired) electrons. The van der Waals surface area contributed by atoms with Gasteiger partial charge in [-0.15, -0.1) is 0 Å². The van der Waals surface area contributed by atoms with Crippen LogP contribution in [0.1, 0.15) is 34.8 Å². The van der Waals surface area contributed by atoms with Crippen molar-refractivity contribution in [2.45, 2.75) is 50.2 Å². The number of halogens is 1. The second kappa shape index (κ2) is 11.5. The zero-order chi connectivity index (χ0) is 32.4. The molecule has 2 N–H and O–H groups in total. The highest BCUT2D eigenvalue weighted by Gasteiger charge is 2.66. The number of carbonyl (C=O) groups is 2. The summed E-state index contributed by atoms with van der Waals surface area (Å²) in [6.45, 7) is 5.87. The Morgan fingerprint density at radius 3 is 2.41 bits per heavy atom. The Balaban J connectivity index is 1.28. The van der Waals surface area contributed by atoms with Crippen LogP contribution in [0.3, 0.4) is 0 Å². The van der Waals surface area contributed by atoms with Crippen molar-refractivity contribution in [3.63, 3.8) is 0 Å². The van der Waals surface area contributed by atoms with Gasteiger partial charge in [0.25, 0.3) is 11.8 Å². The van der Waals surface area contributed by atoms with Gasteiger partial charge in [0.2, 0.25) is 0 Å². The standard InChI is InChI=1S/C36H35BrN2O6Si/c1-22-33(46(2,3)43)32(17-18-40)45-36(22)27-20-24(37)15-16-28(27)38(35(36)42)21-23-9-8-10-25(19-23)39-29-12-5-7-14-31(29)44-30-13-6-4-11-26(30)34(39)41/h4-16,19-20,22,32-33,40,43H,17-18,21H2,1-3H3/t22-,32+,33-,36+/m1/s1. The fraction of sp³-hybridized carbons (Fsp3) is 0.278. The van der Waals surface area contributed by atoms with Crippen molar-refractivity contribution in [3.8, 4) is 11.5 Å². The van der Waals surface area contributed by atoms with Gasteiger partial charge in [-0.1, -0.05) is 59.3 Å². The molecular weight excluding hydrogens is 664 g/mol. The van der Waals surface area contributed by atoms with E-state index in [1.807, 2.05) is 98.9 Å². The molecule has 7 rings (SSSR count). The first-order chi connectivity index (χ1) is 22.0. The van der Waals surface area contributed by atoms with E-state index in [4.69, 9.17) is 9.47 Å². The van der Waals surface area contributed by atoms with E-state index in [0.29, 0.717) is 34.9 Å². The molecule has 0 bridgehead atoms. The van der Waals surface area contributed by atoms with E-state index in [0.717, 1.165) is 21.3 Å². The summed E-state index contributed by atoms with van der Waals surface area (Å²) in [6.07, 6.45) is -0.116. The fourth-order valence-electron chi connectivity index (χ4n) is 7.65. The molecule has 0 unspecified atom stereocenters. The van der Waals surface area contributed by atoms with Crippen molar-refractivity contribution in [3.05, 3.63) is 112 Å². The lowest BCUT2D eigenvalue weighted by Gasteiger charge is -2.32. The monoisotopic (exact) mass is 698 g/mol. The maximum atomic E-state index is 14.7. The molecule has 4 aromatic rings. The molecule has 3 aliphatic rings. The number of ether oxygens (including phenoxy) is 2. The normalized spacial score (nSPS) is 23.7. The first kappa shape index (κ1) is 30.8. The van der Waals surface area contributed by atoms with Crippen LogP contribution in [-0.2, 0) is 21.7 Å². The Morgan fingerprint density at radius 1 is 0.913 bits per heavy atom. The number of anilines is 3. The Labute approximate surface area is 277 Å². The molecule has 3 heterocycles. The van der Waals surface area contributed by atoms with E-state index in [9.17, 15) is 19.5 Å². The molecule has 236 valence electrons. The molecule has 2 amide bonds. The van der Waals surface area contributed by atoms with Gasteiger partial charge in [0, 0.05) is 33.8 Å². The molecule has 0 saturated carbocycles. The molecule has 1 saturated heterocycles. The average molecular weight is 700 g/mol. The summed E-state index contributed by atoms with van der Waals surface area (Å²) in [5, 5.41) is 9.88. The second-order valence-corrected chi connectivity index (χ2v) is 17.7. The maximum Gasteiger partial charge on any atom is 0.266 e. The van der Waals surface area contributed by atoms with Crippen LogP contribution in [-0.4, -0.2) is 42.7 Å². The number of amides is 2. The van der Waals surface area contributed by atoms with Crippen LogP contribution in [0.4, 0.5) is 17.1 Å². The molecule has 0 aliphatic carbocycles. The second-order valence-electron chi connectivity index (χ2n) is 12.8. The van der Waals surface area contributed by atoms with Crippen LogP contribution in [0, 0.1) is 5.92 Å². The van der Waals surface area contributed by atoms with Crippen molar-refractivity contribution in [1.82, 2.24) is 0 Å². The Hall–Kier alpha value is -3.80. The van der Waals surface area contributed by atoms with Gasteiger partial charge in [-0.3, -0.25) is 14.5 Å². The lowest BCUT2D eigenvalue weighted by molar-refractivity contribution is -0.146. The van der Waals surface area contributed by atoms with Gasteiger partial charge in [-0.25, -0.2) is 0 Å². The van der Waals surface area contributed by atoms with E-state index in [2.05, 4.69) is 15.9 Å². The van der Waals surface area contributed by atoms with E-state index < -0.39 is 20.0 Å². The molecule has 1 fully saturated rings.